The summed E-state index contributed by atoms with van der Waals surface area (Å²) in [6.45, 7) is 2.92. The SMILES string of the molecule is O=C1CCN(C2CCN3CCCC23)C(=O)C(C2CC2)N1. The predicted molar refractivity (Wildman–Crippen MR) is 74.0 cm³/mol. The van der Waals surface area contributed by atoms with Crippen molar-refractivity contribution in [3.05, 3.63) is 0 Å². The zero-order valence-electron chi connectivity index (χ0n) is 11.9. The minimum atomic E-state index is -0.236. The molecule has 3 saturated heterocycles. The molecule has 4 fully saturated rings. The van der Waals surface area contributed by atoms with Crippen molar-refractivity contribution in [2.75, 3.05) is 19.6 Å². The molecule has 4 rings (SSSR count). The molecule has 1 saturated carbocycles. The molecule has 3 aliphatic heterocycles. The standard InChI is InChI=1S/C15H23N3O2/c19-13-6-9-18(15(20)14(16-13)10-3-4-10)12-5-8-17-7-1-2-11(12)17/h10-12,14H,1-9H2,(H,16,19). The number of fused-ring (bicyclic) bond motifs is 1. The largest absolute Gasteiger partial charge is 0.344 e. The molecule has 0 bridgehead atoms. The van der Waals surface area contributed by atoms with Crippen LogP contribution in [0.2, 0.25) is 0 Å². The number of nitrogens with one attached hydrogen (secondary N) is 1. The quantitative estimate of drug-likeness (QED) is 0.792. The molecule has 5 nitrogen and oxygen atoms in total. The molecular weight excluding hydrogens is 254 g/mol. The smallest absolute Gasteiger partial charge is 0.245 e. The van der Waals surface area contributed by atoms with Crippen molar-refractivity contribution in [3.8, 4) is 0 Å². The van der Waals surface area contributed by atoms with E-state index in [4.69, 9.17) is 0 Å². The highest BCUT2D eigenvalue weighted by atomic mass is 16.2. The van der Waals surface area contributed by atoms with Crippen molar-refractivity contribution in [2.24, 2.45) is 5.92 Å². The molecule has 5 heteroatoms. The van der Waals surface area contributed by atoms with Gasteiger partial charge in [-0.1, -0.05) is 0 Å². The number of rotatable bonds is 2. The van der Waals surface area contributed by atoms with Gasteiger partial charge in [0, 0.05) is 31.6 Å². The molecule has 0 radical (unpaired) electrons. The van der Waals surface area contributed by atoms with E-state index < -0.39 is 0 Å². The summed E-state index contributed by atoms with van der Waals surface area (Å²) in [7, 11) is 0. The third-order valence-electron chi connectivity index (χ3n) is 5.51. The van der Waals surface area contributed by atoms with E-state index in [0.29, 0.717) is 31.0 Å². The molecule has 110 valence electrons. The predicted octanol–water partition coefficient (Wildman–Crippen LogP) is 0.350. The molecule has 20 heavy (non-hydrogen) atoms. The minimum absolute atomic E-state index is 0.0547. The Balaban J connectivity index is 1.56. The van der Waals surface area contributed by atoms with Crippen LogP contribution in [0.15, 0.2) is 0 Å². The number of amides is 2. The lowest BCUT2D eigenvalue weighted by atomic mass is 10.0. The summed E-state index contributed by atoms with van der Waals surface area (Å²) in [5.74, 6) is 0.643. The zero-order valence-corrected chi connectivity index (χ0v) is 11.9. The lowest BCUT2D eigenvalue weighted by Crippen LogP contribution is -2.52. The van der Waals surface area contributed by atoms with Crippen LogP contribution in [0.1, 0.15) is 38.5 Å². The molecule has 0 spiro atoms. The van der Waals surface area contributed by atoms with Crippen molar-refractivity contribution in [3.63, 3.8) is 0 Å². The third-order valence-corrected chi connectivity index (χ3v) is 5.51. The van der Waals surface area contributed by atoms with E-state index in [1.54, 1.807) is 0 Å². The molecule has 4 aliphatic rings. The fourth-order valence-corrected chi connectivity index (χ4v) is 4.32. The van der Waals surface area contributed by atoms with Crippen molar-refractivity contribution < 1.29 is 9.59 Å². The Morgan fingerprint density at radius 1 is 0.950 bits per heavy atom. The molecule has 0 aromatic heterocycles. The first-order chi connectivity index (χ1) is 9.74. The van der Waals surface area contributed by atoms with Crippen LogP contribution in [0.5, 0.6) is 0 Å². The Hall–Kier alpha value is -1.10. The Morgan fingerprint density at radius 3 is 2.60 bits per heavy atom. The lowest BCUT2D eigenvalue weighted by molar-refractivity contribution is -0.136. The molecular formula is C15H23N3O2. The van der Waals surface area contributed by atoms with Crippen LogP contribution in [0.3, 0.4) is 0 Å². The van der Waals surface area contributed by atoms with Crippen molar-refractivity contribution in [1.29, 1.82) is 0 Å². The molecule has 1 N–H and O–H groups in total. The van der Waals surface area contributed by atoms with Gasteiger partial charge in [0.2, 0.25) is 11.8 Å². The molecule has 1 aliphatic carbocycles. The van der Waals surface area contributed by atoms with E-state index in [0.717, 1.165) is 25.8 Å². The Morgan fingerprint density at radius 2 is 1.80 bits per heavy atom. The third kappa shape index (κ3) is 2.03. The van der Waals surface area contributed by atoms with E-state index in [-0.39, 0.29) is 17.9 Å². The van der Waals surface area contributed by atoms with Crippen LogP contribution < -0.4 is 5.32 Å². The van der Waals surface area contributed by atoms with Crippen LogP contribution in [0.4, 0.5) is 0 Å². The van der Waals surface area contributed by atoms with Gasteiger partial charge in [0.15, 0.2) is 0 Å². The first kappa shape index (κ1) is 12.6. The normalized spacial score (nSPS) is 38.8. The number of hydrogen-bond acceptors (Lipinski definition) is 3. The maximum Gasteiger partial charge on any atom is 0.245 e. The van der Waals surface area contributed by atoms with Crippen LogP contribution in [0.25, 0.3) is 0 Å². The summed E-state index contributed by atoms with van der Waals surface area (Å²) in [5.41, 5.74) is 0. The fraction of sp³-hybridized carbons (Fsp3) is 0.867. The number of hydrogen-bond donors (Lipinski definition) is 1. The highest BCUT2D eigenvalue weighted by Crippen LogP contribution is 2.37. The lowest BCUT2D eigenvalue weighted by Gasteiger charge is -2.33. The number of carbonyl (C=O) groups is 2. The summed E-state index contributed by atoms with van der Waals surface area (Å²) in [4.78, 5) is 29.3. The van der Waals surface area contributed by atoms with Crippen LogP contribution in [-0.4, -0.2) is 59.4 Å². The minimum Gasteiger partial charge on any atom is -0.344 e. The highest BCUT2D eigenvalue weighted by Gasteiger charge is 2.47. The van der Waals surface area contributed by atoms with Gasteiger partial charge in [-0.15, -0.1) is 0 Å². The molecule has 0 aromatic rings. The second kappa shape index (κ2) is 4.72. The van der Waals surface area contributed by atoms with E-state index in [2.05, 4.69) is 15.1 Å². The van der Waals surface area contributed by atoms with Crippen LogP contribution in [0, 0.1) is 5.92 Å². The van der Waals surface area contributed by atoms with Crippen LogP contribution >= 0.6 is 0 Å². The van der Waals surface area contributed by atoms with E-state index in [1.165, 1.54) is 19.4 Å². The highest BCUT2D eigenvalue weighted by molar-refractivity contribution is 5.90. The maximum atomic E-state index is 12.8. The molecule has 3 unspecified atom stereocenters. The van der Waals surface area contributed by atoms with E-state index in [1.807, 2.05) is 0 Å². The van der Waals surface area contributed by atoms with Crippen LogP contribution in [-0.2, 0) is 9.59 Å². The second-order valence-electron chi connectivity index (χ2n) is 6.77. The Bertz CT molecular complexity index is 435. The van der Waals surface area contributed by atoms with Gasteiger partial charge in [-0.3, -0.25) is 14.5 Å². The summed E-state index contributed by atoms with van der Waals surface area (Å²) >= 11 is 0. The van der Waals surface area contributed by atoms with Gasteiger partial charge in [0.05, 0.1) is 0 Å². The molecule has 0 aromatic carbocycles. The van der Waals surface area contributed by atoms with Gasteiger partial charge in [-0.05, 0) is 44.6 Å². The van der Waals surface area contributed by atoms with Gasteiger partial charge in [0.25, 0.3) is 0 Å². The van der Waals surface area contributed by atoms with Gasteiger partial charge >= 0.3 is 0 Å². The van der Waals surface area contributed by atoms with E-state index >= 15 is 0 Å². The topological polar surface area (TPSA) is 52.7 Å². The van der Waals surface area contributed by atoms with Gasteiger partial charge < -0.3 is 10.2 Å². The monoisotopic (exact) mass is 277 g/mol. The van der Waals surface area contributed by atoms with Crippen molar-refractivity contribution in [1.82, 2.24) is 15.1 Å². The van der Waals surface area contributed by atoms with Crippen molar-refractivity contribution >= 4 is 11.8 Å². The molecule has 3 heterocycles. The maximum absolute atomic E-state index is 12.8. The second-order valence-corrected chi connectivity index (χ2v) is 6.77. The average Bonchev–Trinajstić information content (AvgIpc) is 3.06. The number of carbonyl (C=O) groups excluding carboxylic acids is 2. The number of nitrogens with zero attached hydrogens (tertiary/aromatic N) is 2. The first-order valence-electron chi connectivity index (χ1n) is 8.08. The fourth-order valence-electron chi connectivity index (χ4n) is 4.32. The summed E-state index contributed by atoms with van der Waals surface area (Å²) in [6.07, 6.45) is 6.20. The summed E-state index contributed by atoms with van der Waals surface area (Å²) in [6, 6.07) is 0.659. The first-order valence-corrected chi connectivity index (χ1v) is 8.08. The average molecular weight is 277 g/mol. The molecule has 2 amide bonds. The van der Waals surface area contributed by atoms with Gasteiger partial charge in [-0.2, -0.15) is 0 Å². The van der Waals surface area contributed by atoms with Gasteiger partial charge in [-0.25, -0.2) is 0 Å². The Kier molecular flexibility index (Phi) is 2.98. The summed E-state index contributed by atoms with van der Waals surface area (Å²) in [5, 5.41) is 2.96. The Labute approximate surface area is 119 Å². The summed E-state index contributed by atoms with van der Waals surface area (Å²) < 4.78 is 0. The zero-order chi connectivity index (χ0) is 13.7. The van der Waals surface area contributed by atoms with Crippen molar-refractivity contribution in [2.45, 2.75) is 56.7 Å². The van der Waals surface area contributed by atoms with Gasteiger partial charge in [0.1, 0.15) is 6.04 Å². The molecule has 3 atom stereocenters. The van der Waals surface area contributed by atoms with E-state index in [9.17, 15) is 9.59 Å².